The van der Waals surface area contributed by atoms with Crippen LogP contribution in [-0.4, -0.2) is 32.4 Å². The molecule has 2 N–H and O–H groups in total. The molecule has 33 heavy (non-hydrogen) atoms. The molecular formula is C25H23F2N3O3. The number of halogens is 2. The standard InChI is InChI=1S/C25H23F2N3O3/c26-17-11-15(12-18(27)13-17)21(31)23(33)30-10-7-20-19(14-30)22(32)29-24(28-20)25(8-4-9-25)16-5-2-1-3-6-16/h1-3,5-6,11-13,21,31H,4,7-10,14H2,(H,28,29,32). The van der Waals surface area contributed by atoms with Gasteiger partial charge in [0.1, 0.15) is 17.5 Å². The smallest absolute Gasteiger partial charge is 0.256 e. The maximum atomic E-state index is 13.5. The van der Waals surface area contributed by atoms with Gasteiger partial charge in [-0.15, -0.1) is 0 Å². The van der Waals surface area contributed by atoms with Crippen molar-refractivity contribution in [3.63, 3.8) is 0 Å². The van der Waals surface area contributed by atoms with Gasteiger partial charge in [-0.25, -0.2) is 13.8 Å². The third-order valence-corrected chi connectivity index (χ3v) is 6.80. The fourth-order valence-corrected chi connectivity index (χ4v) is 4.84. The molecule has 5 rings (SSSR count). The Bertz CT molecular complexity index is 1250. The van der Waals surface area contributed by atoms with E-state index >= 15 is 0 Å². The number of benzene rings is 2. The van der Waals surface area contributed by atoms with E-state index < -0.39 is 23.6 Å². The third kappa shape index (κ3) is 3.74. The number of fused-ring (bicyclic) bond motifs is 1. The number of nitrogens with one attached hydrogen (secondary N) is 1. The van der Waals surface area contributed by atoms with Crippen molar-refractivity contribution in [2.75, 3.05) is 6.54 Å². The van der Waals surface area contributed by atoms with E-state index in [-0.39, 0.29) is 29.6 Å². The van der Waals surface area contributed by atoms with Crippen LogP contribution in [0.25, 0.3) is 0 Å². The molecule has 3 aromatic rings. The molecule has 1 fully saturated rings. The SMILES string of the molecule is O=C(C(O)c1cc(F)cc(F)c1)N1CCc2nc(C3(c4ccccc4)CCC3)[nH]c(=O)c2C1. The summed E-state index contributed by atoms with van der Waals surface area (Å²) >= 11 is 0. The first-order valence-corrected chi connectivity index (χ1v) is 11.0. The minimum atomic E-state index is -1.72. The van der Waals surface area contributed by atoms with Crippen molar-refractivity contribution in [1.82, 2.24) is 14.9 Å². The lowest BCUT2D eigenvalue weighted by Gasteiger charge is -2.42. The lowest BCUT2D eigenvalue weighted by molar-refractivity contribution is -0.141. The molecule has 6 nitrogen and oxygen atoms in total. The van der Waals surface area contributed by atoms with E-state index in [9.17, 15) is 23.5 Å². The molecule has 170 valence electrons. The number of aromatic nitrogens is 2. The monoisotopic (exact) mass is 451 g/mol. The molecule has 1 atom stereocenters. The van der Waals surface area contributed by atoms with E-state index in [1.807, 2.05) is 18.2 Å². The Labute approximate surface area is 188 Å². The van der Waals surface area contributed by atoms with Crippen LogP contribution in [-0.2, 0) is 23.2 Å². The number of carbonyl (C=O) groups is 1. The number of nitrogens with zero attached hydrogens (tertiary/aromatic N) is 2. The molecule has 1 amide bonds. The number of hydrogen-bond acceptors (Lipinski definition) is 4. The van der Waals surface area contributed by atoms with Gasteiger partial charge in [-0.2, -0.15) is 0 Å². The van der Waals surface area contributed by atoms with Crippen LogP contribution in [0.4, 0.5) is 8.78 Å². The van der Waals surface area contributed by atoms with Crippen molar-refractivity contribution in [3.05, 3.63) is 98.7 Å². The zero-order valence-corrected chi connectivity index (χ0v) is 17.9. The number of aliphatic hydroxyl groups excluding tert-OH is 1. The van der Waals surface area contributed by atoms with Crippen LogP contribution >= 0.6 is 0 Å². The highest BCUT2D eigenvalue weighted by Gasteiger charge is 2.43. The average Bonchev–Trinajstić information content (AvgIpc) is 2.77. The van der Waals surface area contributed by atoms with E-state index in [1.165, 1.54) is 4.90 Å². The van der Waals surface area contributed by atoms with Gasteiger partial charge >= 0.3 is 0 Å². The fourth-order valence-electron chi connectivity index (χ4n) is 4.84. The summed E-state index contributed by atoms with van der Waals surface area (Å²) in [7, 11) is 0. The Morgan fingerprint density at radius 2 is 1.82 bits per heavy atom. The van der Waals surface area contributed by atoms with E-state index in [4.69, 9.17) is 4.98 Å². The highest BCUT2D eigenvalue weighted by atomic mass is 19.1. The molecule has 2 aliphatic rings. The summed E-state index contributed by atoms with van der Waals surface area (Å²) in [4.78, 5) is 34.9. The largest absolute Gasteiger partial charge is 0.378 e. The Balaban J connectivity index is 1.41. The molecular weight excluding hydrogens is 428 g/mol. The lowest BCUT2D eigenvalue weighted by Crippen LogP contribution is -2.44. The van der Waals surface area contributed by atoms with Crippen LogP contribution in [0.5, 0.6) is 0 Å². The molecule has 1 aliphatic carbocycles. The van der Waals surface area contributed by atoms with E-state index in [1.54, 1.807) is 0 Å². The minimum absolute atomic E-state index is 0.0238. The molecule has 8 heteroatoms. The summed E-state index contributed by atoms with van der Waals surface area (Å²) in [6.45, 7) is 0.221. The van der Waals surface area contributed by atoms with Gasteiger partial charge in [-0.1, -0.05) is 36.8 Å². The highest BCUT2D eigenvalue weighted by Crippen LogP contribution is 2.47. The minimum Gasteiger partial charge on any atom is -0.378 e. The summed E-state index contributed by atoms with van der Waals surface area (Å²) in [6.07, 6.45) is 1.49. The Hall–Kier alpha value is -3.39. The fraction of sp³-hybridized carbons (Fsp3) is 0.320. The van der Waals surface area contributed by atoms with Crippen LogP contribution in [0, 0.1) is 11.6 Å². The Morgan fingerprint density at radius 1 is 1.12 bits per heavy atom. The molecule has 1 saturated carbocycles. The first-order chi connectivity index (χ1) is 15.9. The van der Waals surface area contributed by atoms with Gasteiger partial charge in [0, 0.05) is 19.0 Å². The number of hydrogen-bond donors (Lipinski definition) is 2. The number of aromatic amines is 1. The van der Waals surface area contributed by atoms with Gasteiger partial charge in [0.25, 0.3) is 11.5 Å². The van der Waals surface area contributed by atoms with Crippen LogP contribution in [0.1, 0.15) is 53.6 Å². The predicted molar refractivity (Wildman–Crippen MR) is 116 cm³/mol. The van der Waals surface area contributed by atoms with E-state index in [0.29, 0.717) is 29.6 Å². The Morgan fingerprint density at radius 3 is 2.45 bits per heavy atom. The van der Waals surface area contributed by atoms with Crippen LogP contribution in [0.2, 0.25) is 0 Å². The molecule has 1 unspecified atom stereocenters. The second-order valence-corrected chi connectivity index (χ2v) is 8.76. The number of aliphatic hydroxyl groups is 1. The second kappa shape index (κ2) is 8.19. The molecule has 0 saturated heterocycles. The first kappa shape index (κ1) is 21.5. The topological polar surface area (TPSA) is 86.3 Å². The number of rotatable bonds is 4. The van der Waals surface area contributed by atoms with Crippen LogP contribution in [0.15, 0.2) is 53.3 Å². The number of carbonyl (C=O) groups excluding carboxylic acids is 1. The van der Waals surface area contributed by atoms with Gasteiger partial charge in [0.15, 0.2) is 6.10 Å². The van der Waals surface area contributed by atoms with Crippen LogP contribution in [0.3, 0.4) is 0 Å². The zero-order valence-electron chi connectivity index (χ0n) is 17.9. The second-order valence-electron chi connectivity index (χ2n) is 8.76. The summed E-state index contributed by atoms with van der Waals surface area (Å²) in [5, 5.41) is 10.4. The van der Waals surface area contributed by atoms with Crippen molar-refractivity contribution in [1.29, 1.82) is 0 Å². The predicted octanol–water partition coefficient (Wildman–Crippen LogP) is 3.14. The lowest BCUT2D eigenvalue weighted by atomic mass is 9.64. The van der Waals surface area contributed by atoms with Gasteiger partial charge in [0.05, 0.1) is 23.2 Å². The maximum absolute atomic E-state index is 13.5. The van der Waals surface area contributed by atoms with Gasteiger partial charge in [0.2, 0.25) is 0 Å². The van der Waals surface area contributed by atoms with Crippen LogP contribution < -0.4 is 5.56 Å². The quantitative estimate of drug-likeness (QED) is 0.638. The molecule has 2 aromatic carbocycles. The van der Waals surface area contributed by atoms with E-state index in [2.05, 4.69) is 17.1 Å². The average molecular weight is 451 g/mol. The van der Waals surface area contributed by atoms with Gasteiger partial charge in [-0.05, 0) is 36.1 Å². The summed E-state index contributed by atoms with van der Waals surface area (Å²) in [6, 6.07) is 12.5. The van der Waals surface area contributed by atoms with Crippen molar-refractivity contribution in [2.24, 2.45) is 0 Å². The zero-order chi connectivity index (χ0) is 23.2. The van der Waals surface area contributed by atoms with Crippen molar-refractivity contribution >= 4 is 5.91 Å². The number of amides is 1. The maximum Gasteiger partial charge on any atom is 0.256 e. The molecule has 0 spiro atoms. The highest BCUT2D eigenvalue weighted by molar-refractivity contribution is 5.82. The molecule has 1 aromatic heterocycles. The summed E-state index contributed by atoms with van der Waals surface area (Å²) in [5.41, 5.74) is 1.36. The number of H-pyrrole nitrogens is 1. The molecule has 1 aliphatic heterocycles. The van der Waals surface area contributed by atoms with Gasteiger partial charge in [-0.3, -0.25) is 9.59 Å². The van der Waals surface area contributed by atoms with Crippen molar-refractivity contribution < 1.29 is 18.7 Å². The summed E-state index contributed by atoms with van der Waals surface area (Å²) < 4.78 is 27.0. The molecule has 2 heterocycles. The van der Waals surface area contributed by atoms with E-state index in [0.717, 1.165) is 37.0 Å². The van der Waals surface area contributed by atoms with Crippen molar-refractivity contribution in [3.8, 4) is 0 Å². The summed E-state index contributed by atoms with van der Waals surface area (Å²) in [5.74, 6) is -1.82. The van der Waals surface area contributed by atoms with Crippen molar-refractivity contribution in [2.45, 2.75) is 43.7 Å². The third-order valence-electron chi connectivity index (χ3n) is 6.80. The first-order valence-electron chi connectivity index (χ1n) is 11.0. The normalized spacial score (nSPS) is 17.7. The molecule has 0 radical (unpaired) electrons. The molecule has 0 bridgehead atoms. The Kier molecular flexibility index (Phi) is 5.32. The van der Waals surface area contributed by atoms with Gasteiger partial charge < -0.3 is 15.0 Å².